The smallest absolute Gasteiger partial charge is 0.262 e. The van der Waals surface area contributed by atoms with Crippen LogP contribution in [0, 0.1) is 5.92 Å². The van der Waals surface area contributed by atoms with Gasteiger partial charge in [0.1, 0.15) is 18.0 Å². The molecule has 1 aromatic carbocycles. The van der Waals surface area contributed by atoms with Crippen LogP contribution in [-0.4, -0.2) is 68.5 Å². The number of benzene rings is 1. The van der Waals surface area contributed by atoms with E-state index in [9.17, 15) is 9.59 Å². The topological polar surface area (TPSA) is 80.7 Å². The number of carbonyl (C=O) groups excluding carboxylic acids is 2. The van der Waals surface area contributed by atoms with Gasteiger partial charge in [-0.2, -0.15) is 5.10 Å². The fraction of sp³-hybridized carbons (Fsp3) is 0.480. The summed E-state index contributed by atoms with van der Waals surface area (Å²) in [4.78, 5) is 29.3. The molecule has 2 heterocycles. The second-order valence-electron chi connectivity index (χ2n) is 8.47. The van der Waals surface area contributed by atoms with Crippen molar-refractivity contribution in [3.8, 4) is 11.5 Å². The zero-order valence-electron chi connectivity index (χ0n) is 19.9. The second kappa shape index (κ2) is 11.0. The van der Waals surface area contributed by atoms with Crippen molar-refractivity contribution in [1.29, 1.82) is 0 Å². The van der Waals surface area contributed by atoms with E-state index < -0.39 is 0 Å². The quantitative estimate of drug-likeness (QED) is 0.512. The number of rotatable bonds is 10. The molecule has 1 saturated carbocycles. The minimum absolute atomic E-state index is 0.00249. The van der Waals surface area contributed by atoms with Gasteiger partial charge in [-0.15, -0.1) is 11.3 Å². The van der Waals surface area contributed by atoms with E-state index in [1.54, 1.807) is 37.6 Å². The van der Waals surface area contributed by atoms with Gasteiger partial charge in [0.25, 0.3) is 5.91 Å². The number of hydrogen-bond acceptors (Lipinski definition) is 7. The molecule has 1 aliphatic carbocycles. The number of thiophene rings is 1. The van der Waals surface area contributed by atoms with Gasteiger partial charge < -0.3 is 19.1 Å². The molecule has 2 aliphatic rings. The molecule has 1 fully saturated rings. The van der Waals surface area contributed by atoms with E-state index in [1.807, 2.05) is 35.7 Å². The highest BCUT2D eigenvalue weighted by atomic mass is 32.1. The van der Waals surface area contributed by atoms with Crippen molar-refractivity contribution < 1.29 is 23.8 Å². The minimum atomic E-state index is -0.363. The fourth-order valence-electron chi connectivity index (χ4n) is 4.29. The van der Waals surface area contributed by atoms with Gasteiger partial charge in [-0.1, -0.05) is 12.5 Å². The van der Waals surface area contributed by atoms with Crippen LogP contribution in [0.2, 0.25) is 0 Å². The Morgan fingerprint density at radius 2 is 2.00 bits per heavy atom. The summed E-state index contributed by atoms with van der Waals surface area (Å²) in [6.07, 6.45) is 3.36. The Morgan fingerprint density at radius 3 is 2.62 bits per heavy atom. The van der Waals surface area contributed by atoms with Crippen LogP contribution in [-0.2, 0) is 14.3 Å². The lowest BCUT2D eigenvalue weighted by molar-refractivity contribution is -0.146. The highest BCUT2D eigenvalue weighted by Crippen LogP contribution is 2.40. The Bertz CT molecular complexity index is 1040. The first kappa shape index (κ1) is 24.2. The van der Waals surface area contributed by atoms with Crippen molar-refractivity contribution in [1.82, 2.24) is 9.91 Å². The van der Waals surface area contributed by atoms with Crippen molar-refractivity contribution in [2.45, 2.75) is 31.7 Å². The second-order valence-corrected chi connectivity index (χ2v) is 9.42. The summed E-state index contributed by atoms with van der Waals surface area (Å²) in [5, 5.41) is 8.24. The van der Waals surface area contributed by atoms with Crippen LogP contribution in [0.25, 0.3) is 0 Å². The zero-order valence-corrected chi connectivity index (χ0v) is 20.7. The summed E-state index contributed by atoms with van der Waals surface area (Å²) < 4.78 is 16.2. The molecular weight excluding hydrogens is 454 g/mol. The SMILES string of the molecule is COCCN(CC(=O)N1N=C(c2cccs2)C[C@H]1c1cc(OC)ccc1OC)C(=O)C1CCC1. The Hall–Kier alpha value is -2.91. The summed E-state index contributed by atoms with van der Waals surface area (Å²) in [7, 11) is 4.81. The molecule has 4 rings (SSSR count). The molecule has 0 radical (unpaired) electrons. The van der Waals surface area contributed by atoms with Gasteiger partial charge in [-0.05, 0) is 42.5 Å². The molecule has 1 aliphatic heterocycles. The van der Waals surface area contributed by atoms with Gasteiger partial charge in [0.2, 0.25) is 5.91 Å². The van der Waals surface area contributed by atoms with Crippen molar-refractivity contribution in [3.63, 3.8) is 0 Å². The first-order valence-corrected chi connectivity index (χ1v) is 12.4. The Morgan fingerprint density at radius 1 is 1.18 bits per heavy atom. The van der Waals surface area contributed by atoms with Crippen LogP contribution in [0.1, 0.15) is 42.2 Å². The van der Waals surface area contributed by atoms with E-state index in [0.29, 0.717) is 31.1 Å². The van der Waals surface area contributed by atoms with E-state index in [2.05, 4.69) is 0 Å². The molecular formula is C25H31N3O5S. The third kappa shape index (κ3) is 5.10. The van der Waals surface area contributed by atoms with Gasteiger partial charge in [-0.3, -0.25) is 9.59 Å². The van der Waals surface area contributed by atoms with E-state index in [-0.39, 0.29) is 30.3 Å². The number of methoxy groups -OCH3 is 3. The van der Waals surface area contributed by atoms with Crippen LogP contribution in [0.3, 0.4) is 0 Å². The molecule has 34 heavy (non-hydrogen) atoms. The van der Waals surface area contributed by atoms with Crippen molar-refractivity contribution in [2.24, 2.45) is 11.0 Å². The maximum absolute atomic E-state index is 13.6. The van der Waals surface area contributed by atoms with Crippen LogP contribution in [0.5, 0.6) is 11.5 Å². The number of nitrogens with zero attached hydrogens (tertiary/aromatic N) is 3. The highest BCUT2D eigenvalue weighted by Gasteiger charge is 2.37. The number of amides is 2. The van der Waals surface area contributed by atoms with E-state index >= 15 is 0 Å². The van der Waals surface area contributed by atoms with Gasteiger partial charge >= 0.3 is 0 Å². The van der Waals surface area contributed by atoms with E-state index in [0.717, 1.165) is 35.4 Å². The van der Waals surface area contributed by atoms with E-state index in [4.69, 9.17) is 19.3 Å². The summed E-state index contributed by atoms with van der Waals surface area (Å²) in [6.45, 7) is 0.714. The lowest BCUT2D eigenvalue weighted by Crippen LogP contribution is -2.46. The van der Waals surface area contributed by atoms with Gasteiger partial charge in [-0.25, -0.2) is 5.01 Å². The third-order valence-electron chi connectivity index (χ3n) is 6.42. The predicted molar refractivity (Wildman–Crippen MR) is 130 cm³/mol. The molecule has 0 bridgehead atoms. The molecule has 1 atom stereocenters. The predicted octanol–water partition coefficient (Wildman–Crippen LogP) is 3.72. The number of hydrazone groups is 1. The van der Waals surface area contributed by atoms with E-state index in [1.165, 1.54) is 5.01 Å². The lowest BCUT2D eigenvalue weighted by Gasteiger charge is -2.32. The molecule has 0 N–H and O–H groups in total. The van der Waals surface area contributed by atoms with Gasteiger partial charge in [0.15, 0.2) is 0 Å². The Kier molecular flexibility index (Phi) is 7.84. The van der Waals surface area contributed by atoms with Crippen LogP contribution in [0.15, 0.2) is 40.8 Å². The summed E-state index contributed by atoms with van der Waals surface area (Å²) in [5.41, 5.74) is 1.66. The fourth-order valence-corrected chi connectivity index (χ4v) is 5.01. The third-order valence-corrected chi connectivity index (χ3v) is 7.34. The zero-order chi connectivity index (χ0) is 24.1. The van der Waals surface area contributed by atoms with Crippen LogP contribution < -0.4 is 9.47 Å². The molecule has 2 amide bonds. The molecule has 8 nitrogen and oxygen atoms in total. The number of hydrogen-bond donors (Lipinski definition) is 0. The van der Waals surface area contributed by atoms with Gasteiger partial charge in [0, 0.05) is 31.6 Å². The monoisotopic (exact) mass is 485 g/mol. The summed E-state index contributed by atoms with van der Waals surface area (Å²) in [5.74, 6) is 1.13. The molecule has 0 unspecified atom stereocenters. The largest absolute Gasteiger partial charge is 0.497 e. The summed E-state index contributed by atoms with van der Waals surface area (Å²) >= 11 is 1.59. The standard InChI is InChI=1S/C25H31N3O5S/c1-31-12-11-27(25(30)17-6-4-7-17)16-24(29)28-21(15-20(26-28)23-8-5-13-34-23)19-14-18(32-2)9-10-22(19)33-3/h5,8-10,13-14,17,21H,4,6-7,11-12,15-16H2,1-3H3/t21-/m0/s1. The van der Waals surface area contributed by atoms with Crippen molar-refractivity contribution in [3.05, 3.63) is 46.2 Å². The average molecular weight is 486 g/mol. The normalized spacial score (nSPS) is 17.8. The number of ether oxygens (including phenoxy) is 3. The maximum atomic E-state index is 13.6. The van der Waals surface area contributed by atoms with Crippen molar-refractivity contribution >= 4 is 28.9 Å². The minimum Gasteiger partial charge on any atom is -0.497 e. The first-order valence-electron chi connectivity index (χ1n) is 11.5. The van der Waals surface area contributed by atoms with Crippen molar-refractivity contribution in [2.75, 3.05) is 41.0 Å². The average Bonchev–Trinajstić information content (AvgIpc) is 3.50. The Labute approximate surface area is 204 Å². The first-order chi connectivity index (χ1) is 16.5. The highest BCUT2D eigenvalue weighted by molar-refractivity contribution is 7.12. The van der Waals surface area contributed by atoms with Crippen LogP contribution >= 0.6 is 11.3 Å². The maximum Gasteiger partial charge on any atom is 0.262 e. The number of carbonyl (C=O) groups is 2. The molecule has 0 saturated heterocycles. The Balaban J connectivity index is 1.63. The van der Waals surface area contributed by atoms with Crippen LogP contribution in [0.4, 0.5) is 0 Å². The lowest BCUT2D eigenvalue weighted by atomic mass is 9.84. The molecule has 182 valence electrons. The summed E-state index contributed by atoms with van der Waals surface area (Å²) in [6, 6.07) is 9.16. The molecule has 0 spiro atoms. The molecule has 9 heteroatoms. The molecule has 2 aromatic rings. The van der Waals surface area contributed by atoms with Gasteiger partial charge in [0.05, 0.1) is 37.5 Å². The molecule has 1 aromatic heterocycles.